The van der Waals surface area contributed by atoms with Crippen LogP contribution in [-0.2, 0) is 16.4 Å². The van der Waals surface area contributed by atoms with E-state index in [9.17, 15) is 12.8 Å². The molecule has 6 nitrogen and oxygen atoms in total. The van der Waals surface area contributed by atoms with Gasteiger partial charge in [-0.15, -0.1) is 0 Å². The Morgan fingerprint density at radius 2 is 2.00 bits per heavy atom. The number of rotatable bonds is 5. The highest BCUT2D eigenvalue weighted by Gasteiger charge is 2.32. The Labute approximate surface area is 151 Å². The van der Waals surface area contributed by atoms with Crippen molar-refractivity contribution in [2.24, 2.45) is 0 Å². The van der Waals surface area contributed by atoms with E-state index in [0.717, 1.165) is 10.7 Å². The first-order valence-electron chi connectivity index (χ1n) is 8.20. The van der Waals surface area contributed by atoms with Crippen molar-refractivity contribution in [3.8, 4) is 0 Å². The van der Waals surface area contributed by atoms with Gasteiger partial charge in [-0.25, -0.2) is 17.8 Å². The minimum absolute atomic E-state index is 0.0943. The molecule has 3 rings (SSSR count). The summed E-state index contributed by atoms with van der Waals surface area (Å²) in [6.45, 7) is 5.25. The van der Waals surface area contributed by atoms with Crippen LogP contribution < -0.4 is 4.90 Å². The van der Waals surface area contributed by atoms with Gasteiger partial charge in [-0.3, -0.25) is 0 Å². The summed E-state index contributed by atoms with van der Waals surface area (Å²) in [5, 5.41) is 0.803. The molecule has 1 unspecified atom stereocenters. The van der Waals surface area contributed by atoms with Gasteiger partial charge in [0.25, 0.3) is 0 Å². The first-order valence-corrected chi connectivity index (χ1v) is 10.6. The summed E-state index contributed by atoms with van der Waals surface area (Å²) >= 11 is 1.32. The Bertz CT molecular complexity index is 823. The Balaban J connectivity index is 1.66. The minimum atomic E-state index is -3.17. The molecule has 0 amide bonds. The zero-order chi connectivity index (χ0) is 18.0. The molecule has 0 radical (unpaired) electrons. The van der Waals surface area contributed by atoms with Crippen molar-refractivity contribution in [3.05, 3.63) is 41.5 Å². The first kappa shape index (κ1) is 18.2. The van der Waals surface area contributed by atoms with E-state index in [1.807, 2.05) is 6.92 Å². The lowest BCUT2D eigenvalue weighted by molar-refractivity contribution is 0.307. The average molecular weight is 385 g/mol. The fraction of sp³-hybridized carbons (Fsp3) is 0.500. The van der Waals surface area contributed by atoms with E-state index < -0.39 is 10.0 Å². The second kappa shape index (κ2) is 7.35. The lowest BCUT2D eigenvalue weighted by Crippen LogP contribution is -2.54. The maximum Gasteiger partial charge on any atom is 0.214 e. The third-order valence-corrected chi connectivity index (χ3v) is 7.09. The maximum atomic E-state index is 13.0. The summed E-state index contributed by atoms with van der Waals surface area (Å²) < 4.78 is 43.1. The molecule has 1 fully saturated rings. The van der Waals surface area contributed by atoms with Crippen LogP contribution in [0.3, 0.4) is 0 Å². The number of hydrogen-bond acceptors (Lipinski definition) is 6. The molecule has 136 valence electrons. The third kappa shape index (κ3) is 4.16. The van der Waals surface area contributed by atoms with Gasteiger partial charge in [0.05, 0.1) is 5.75 Å². The molecule has 1 aliphatic rings. The van der Waals surface area contributed by atoms with Crippen molar-refractivity contribution in [2.75, 3.05) is 30.3 Å². The monoisotopic (exact) mass is 384 g/mol. The van der Waals surface area contributed by atoms with Gasteiger partial charge in [0.15, 0.2) is 0 Å². The summed E-state index contributed by atoms with van der Waals surface area (Å²) in [6.07, 6.45) is 0.552. The first-order chi connectivity index (χ1) is 11.9. The number of anilines is 1. The Kier molecular flexibility index (Phi) is 5.35. The Morgan fingerprint density at radius 1 is 1.28 bits per heavy atom. The van der Waals surface area contributed by atoms with Crippen LogP contribution in [-0.4, -0.2) is 53.5 Å². The van der Waals surface area contributed by atoms with E-state index in [4.69, 9.17) is 0 Å². The van der Waals surface area contributed by atoms with Gasteiger partial charge in [0, 0.05) is 43.6 Å². The number of aromatic nitrogens is 2. The number of hydrogen-bond donors (Lipinski definition) is 0. The summed E-state index contributed by atoms with van der Waals surface area (Å²) in [5.41, 5.74) is 0.956. The number of piperazine rings is 1. The quantitative estimate of drug-likeness (QED) is 0.790. The third-order valence-electron chi connectivity index (χ3n) is 4.29. The smallest absolute Gasteiger partial charge is 0.214 e. The second-order valence-electron chi connectivity index (χ2n) is 6.10. The van der Waals surface area contributed by atoms with E-state index in [1.165, 1.54) is 23.7 Å². The van der Waals surface area contributed by atoms with Crippen molar-refractivity contribution < 1.29 is 12.8 Å². The highest BCUT2D eigenvalue weighted by Crippen LogP contribution is 2.23. The molecular weight excluding hydrogens is 363 g/mol. The van der Waals surface area contributed by atoms with Gasteiger partial charge < -0.3 is 4.90 Å². The highest BCUT2D eigenvalue weighted by atomic mass is 32.2. The van der Waals surface area contributed by atoms with E-state index in [1.54, 1.807) is 23.4 Å². The molecule has 1 aliphatic heterocycles. The van der Waals surface area contributed by atoms with Crippen LogP contribution in [0.5, 0.6) is 0 Å². The molecule has 1 saturated heterocycles. The van der Waals surface area contributed by atoms with Gasteiger partial charge in [-0.05, 0) is 31.5 Å². The standard InChI is InChI=1S/C16H21FN4O2S2/c1-3-25(22,23)21-9-8-20(11-12(21)2)16-18-15(19-24-16)10-13-4-6-14(17)7-5-13/h4-7,12H,3,8-11H2,1-2H3. The molecule has 0 bridgehead atoms. The van der Waals surface area contributed by atoms with Gasteiger partial charge in [0.1, 0.15) is 11.6 Å². The van der Waals surface area contributed by atoms with Crippen molar-refractivity contribution in [1.29, 1.82) is 0 Å². The molecular formula is C16H21FN4O2S2. The minimum Gasteiger partial charge on any atom is -0.344 e. The van der Waals surface area contributed by atoms with Crippen LogP contribution in [0, 0.1) is 5.82 Å². The molecule has 25 heavy (non-hydrogen) atoms. The molecule has 2 heterocycles. The van der Waals surface area contributed by atoms with Crippen LogP contribution in [0.1, 0.15) is 25.2 Å². The fourth-order valence-electron chi connectivity index (χ4n) is 2.92. The Morgan fingerprint density at radius 3 is 2.64 bits per heavy atom. The van der Waals surface area contributed by atoms with Crippen LogP contribution >= 0.6 is 11.5 Å². The number of sulfonamides is 1. The van der Waals surface area contributed by atoms with E-state index in [2.05, 4.69) is 14.3 Å². The molecule has 1 aromatic heterocycles. The normalized spacial score (nSPS) is 19.3. The lowest BCUT2D eigenvalue weighted by atomic mass is 10.1. The van der Waals surface area contributed by atoms with Gasteiger partial charge in [-0.2, -0.15) is 8.68 Å². The molecule has 9 heteroatoms. The van der Waals surface area contributed by atoms with Crippen molar-refractivity contribution in [3.63, 3.8) is 0 Å². The topological polar surface area (TPSA) is 66.4 Å². The predicted octanol–water partition coefficient (Wildman–Crippen LogP) is 2.13. The van der Waals surface area contributed by atoms with E-state index in [0.29, 0.717) is 31.9 Å². The van der Waals surface area contributed by atoms with E-state index >= 15 is 0 Å². The lowest BCUT2D eigenvalue weighted by Gasteiger charge is -2.38. The van der Waals surface area contributed by atoms with Gasteiger partial charge in [-0.1, -0.05) is 12.1 Å². The maximum absolute atomic E-state index is 13.0. The molecule has 1 aromatic carbocycles. The molecule has 0 saturated carbocycles. The van der Waals surface area contributed by atoms with Crippen molar-refractivity contribution in [1.82, 2.24) is 13.7 Å². The van der Waals surface area contributed by atoms with Crippen LogP contribution in [0.25, 0.3) is 0 Å². The SMILES string of the molecule is CCS(=O)(=O)N1CCN(c2nc(Cc3ccc(F)cc3)ns2)CC1C. The second-order valence-corrected chi connectivity index (χ2v) is 9.04. The van der Waals surface area contributed by atoms with Crippen molar-refractivity contribution in [2.45, 2.75) is 26.3 Å². The zero-order valence-electron chi connectivity index (χ0n) is 14.2. The van der Waals surface area contributed by atoms with Crippen LogP contribution in [0.4, 0.5) is 9.52 Å². The summed E-state index contributed by atoms with van der Waals surface area (Å²) in [6, 6.07) is 6.22. The van der Waals surface area contributed by atoms with Crippen molar-refractivity contribution >= 4 is 26.7 Å². The summed E-state index contributed by atoms with van der Waals surface area (Å²) in [5.74, 6) is 0.560. The largest absolute Gasteiger partial charge is 0.344 e. The van der Waals surface area contributed by atoms with E-state index in [-0.39, 0.29) is 17.6 Å². The molecule has 0 aliphatic carbocycles. The number of nitrogens with zero attached hydrogens (tertiary/aromatic N) is 4. The summed E-state index contributed by atoms with van der Waals surface area (Å²) in [4.78, 5) is 6.65. The molecule has 2 aromatic rings. The highest BCUT2D eigenvalue weighted by molar-refractivity contribution is 7.89. The van der Waals surface area contributed by atoms with Gasteiger partial charge in [0.2, 0.25) is 15.2 Å². The van der Waals surface area contributed by atoms with Gasteiger partial charge >= 0.3 is 0 Å². The number of halogens is 1. The van der Waals surface area contributed by atoms with Crippen LogP contribution in [0.15, 0.2) is 24.3 Å². The zero-order valence-corrected chi connectivity index (χ0v) is 15.9. The molecule has 1 atom stereocenters. The Hall–Kier alpha value is -1.58. The summed E-state index contributed by atoms with van der Waals surface area (Å²) in [7, 11) is -3.17. The van der Waals surface area contributed by atoms with Crippen LogP contribution in [0.2, 0.25) is 0 Å². The predicted molar refractivity (Wildman–Crippen MR) is 97.0 cm³/mol. The fourth-order valence-corrected chi connectivity index (χ4v) is 4.95. The molecule has 0 spiro atoms. The molecule has 0 N–H and O–H groups in total. The number of benzene rings is 1. The average Bonchev–Trinajstić information content (AvgIpc) is 3.05.